The van der Waals surface area contributed by atoms with Crippen LogP contribution in [0.25, 0.3) is 0 Å². The molecule has 132 valence electrons. The van der Waals surface area contributed by atoms with Gasteiger partial charge in [-0.1, -0.05) is 6.07 Å². The van der Waals surface area contributed by atoms with Crippen LogP contribution in [0.2, 0.25) is 0 Å². The van der Waals surface area contributed by atoms with Crippen molar-refractivity contribution in [2.24, 2.45) is 0 Å². The van der Waals surface area contributed by atoms with Crippen LogP contribution in [0.5, 0.6) is 0 Å². The fourth-order valence-corrected chi connectivity index (χ4v) is 2.28. The highest BCUT2D eigenvalue weighted by molar-refractivity contribution is 6.03. The van der Waals surface area contributed by atoms with Gasteiger partial charge in [0.1, 0.15) is 11.5 Å². The van der Waals surface area contributed by atoms with Gasteiger partial charge < -0.3 is 15.5 Å². The van der Waals surface area contributed by atoms with Crippen LogP contribution in [0.1, 0.15) is 10.5 Å². The summed E-state index contributed by atoms with van der Waals surface area (Å²) in [6.45, 7) is 0. The highest BCUT2D eigenvalue weighted by Gasteiger charge is 2.10. The fraction of sp³-hybridized carbons (Fsp3) is 0.105. The number of nitrogens with one attached hydrogen (secondary N) is 2. The first kappa shape index (κ1) is 17.3. The number of hydrogen-bond acceptors (Lipinski definition) is 5. The van der Waals surface area contributed by atoms with Crippen molar-refractivity contribution < 1.29 is 9.18 Å². The summed E-state index contributed by atoms with van der Waals surface area (Å²) in [6.07, 6.45) is 1.47. The van der Waals surface area contributed by atoms with Crippen molar-refractivity contribution in [1.82, 2.24) is 9.97 Å². The molecule has 3 aromatic rings. The quantitative estimate of drug-likeness (QED) is 0.734. The van der Waals surface area contributed by atoms with Crippen LogP contribution in [0.15, 0.2) is 60.8 Å². The second-order valence-electron chi connectivity index (χ2n) is 5.80. The molecular formula is C19H18FN5O. The third-order valence-corrected chi connectivity index (χ3v) is 3.61. The van der Waals surface area contributed by atoms with Crippen molar-refractivity contribution in [1.29, 1.82) is 0 Å². The molecule has 0 atom stereocenters. The van der Waals surface area contributed by atoms with Gasteiger partial charge in [0.05, 0.1) is 0 Å². The lowest BCUT2D eigenvalue weighted by atomic mass is 10.2. The molecule has 0 aliphatic heterocycles. The maximum atomic E-state index is 13.3. The van der Waals surface area contributed by atoms with E-state index in [1.807, 2.05) is 43.3 Å². The molecule has 0 bridgehead atoms. The van der Waals surface area contributed by atoms with E-state index in [1.54, 1.807) is 12.1 Å². The van der Waals surface area contributed by atoms with E-state index in [4.69, 9.17) is 0 Å². The summed E-state index contributed by atoms with van der Waals surface area (Å²) in [4.78, 5) is 22.6. The Bertz CT molecular complexity index is 912. The lowest BCUT2D eigenvalue weighted by Crippen LogP contribution is -2.15. The Kier molecular flexibility index (Phi) is 5.07. The molecule has 0 radical (unpaired) electrons. The standard InChI is InChI=1S/C19H18FN5O/c1-25(2)16-8-6-14(7-9-16)22-18(26)17-10-11-21-19(24-17)23-15-5-3-4-13(20)12-15/h3-12H,1-2H3,(H,22,26)(H,21,23,24). The molecule has 7 heteroatoms. The second kappa shape index (κ2) is 7.60. The van der Waals surface area contributed by atoms with Gasteiger partial charge in [-0.2, -0.15) is 0 Å². The Labute approximate surface area is 150 Å². The molecule has 0 unspecified atom stereocenters. The molecule has 2 aromatic carbocycles. The van der Waals surface area contributed by atoms with E-state index in [0.29, 0.717) is 11.4 Å². The van der Waals surface area contributed by atoms with E-state index in [0.717, 1.165) is 5.69 Å². The van der Waals surface area contributed by atoms with Crippen LogP contribution in [0.3, 0.4) is 0 Å². The van der Waals surface area contributed by atoms with Gasteiger partial charge in [-0.05, 0) is 48.5 Å². The Morgan fingerprint density at radius 3 is 2.50 bits per heavy atom. The number of anilines is 4. The topological polar surface area (TPSA) is 70.2 Å². The van der Waals surface area contributed by atoms with Crippen molar-refractivity contribution >= 4 is 28.9 Å². The molecule has 6 nitrogen and oxygen atoms in total. The summed E-state index contributed by atoms with van der Waals surface area (Å²) >= 11 is 0. The van der Waals surface area contributed by atoms with Gasteiger partial charge in [0.15, 0.2) is 0 Å². The van der Waals surface area contributed by atoms with Crippen LogP contribution in [-0.2, 0) is 0 Å². The van der Waals surface area contributed by atoms with Crippen LogP contribution in [0, 0.1) is 5.82 Å². The maximum absolute atomic E-state index is 13.3. The largest absolute Gasteiger partial charge is 0.378 e. The molecule has 1 amide bonds. The predicted octanol–water partition coefficient (Wildman–Crippen LogP) is 3.68. The van der Waals surface area contributed by atoms with Gasteiger partial charge >= 0.3 is 0 Å². The predicted molar refractivity (Wildman–Crippen MR) is 100 cm³/mol. The normalized spacial score (nSPS) is 10.3. The summed E-state index contributed by atoms with van der Waals surface area (Å²) in [5.74, 6) is -0.511. The van der Waals surface area contributed by atoms with Crippen molar-refractivity contribution in [3.63, 3.8) is 0 Å². The zero-order chi connectivity index (χ0) is 18.5. The third kappa shape index (κ3) is 4.32. The van der Waals surface area contributed by atoms with E-state index in [2.05, 4.69) is 20.6 Å². The van der Waals surface area contributed by atoms with E-state index in [1.165, 1.54) is 24.4 Å². The number of carbonyl (C=O) groups is 1. The Morgan fingerprint density at radius 2 is 1.81 bits per heavy atom. The molecule has 26 heavy (non-hydrogen) atoms. The molecule has 0 spiro atoms. The molecule has 1 aromatic heterocycles. The van der Waals surface area contributed by atoms with Gasteiger partial charge in [0.2, 0.25) is 5.95 Å². The van der Waals surface area contributed by atoms with E-state index in [-0.39, 0.29) is 23.4 Å². The number of benzene rings is 2. The molecule has 0 saturated heterocycles. The summed E-state index contributed by atoms with van der Waals surface area (Å²) in [6, 6.07) is 14.9. The smallest absolute Gasteiger partial charge is 0.274 e. The maximum Gasteiger partial charge on any atom is 0.274 e. The van der Waals surface area contributed by atoms with Crippen molar-refractivity contribution in [2.45, 2.75) is 0 Å². The number of carbonyl (C=O) groups excluding carboxylic acids is 1. The molecule has 0 aliphatic carbocycles. The Morgan fingerprint density at radius 1 is 1.04 bits per heavy atom. The average Bonchev–Trinajstić information content (AvgIpc) is 2.62. The number of amides is 1. The lowest BCUT2D eigenvalue weighted by molar-refractivity contribution is 0.102. The molecule has 0 aliphatic rings. The van der Waals surface area contributed by atoms with Crippen LogP contribution in [0.4, 0.5) is 27.4 Å². The SMILES string of the molecule is CN(C)c1ccc(NC(=O)c2ccnc(Nc3cccc(F)c3)n2)cc1. The third-order valence-electron chi connectivity index (χ3n) is 3.61. The summed E-state index contributed by atoms with van der Waals surface area (Å²) in [5, 5.41) is 5.67. The first-order chi connectivity index (χ1) is 12.5. The number of hydrogen-bond donors (Lipinski definition) is 2. The summed E-state index contributed by atoms with van der Waals surface area (Å²) < 4.78 is 13.3. The van der Waals surface area contributed by atoms with Gasteiger partial charge in [0.25, 0.3) is 5.91 Å². The average molecular weight is 351 g/mol. The number of rotatable bonds is 5. The molecule has 0 fully saturated rings. The fourth-order valence-electron chi connectivity index (χ4n) is 2.28. The minimum absolute atomic E-state index is 0.204. The molecule has 3 rings (SSSR count). The Balaban J connectivity index is 1.71. The van der Waals surface area contributed by atoms with Crippen LogP contribution < -0.4 is 15.5 Å². The Hall–Kier alpha value is -3.48. The van der Waals surface area contributed by atoms with Gasteiger partial charge in [-0.25, -0.2) is 14.4 Å². The molecular weight excluding hydrogens is 333 g/mol. The summed E-state index contributed by atoms with van der Waals surface area (Å²) in [7, 11) is 3.89. The second-order valence-corrected chi connectivity index (χ2v) is 5.80. The minimum atomic E-state index is -0.370. The first-order valence-electron chi connectivity index (χ1n) is 7.95. The van der Waals surface area contributed by atoms with Gasteiger partial charge in [-0.3, -0.25) is 4.79 Å². The first-order valence-corrected chi connectivity index (χ1v) is 7.95. The van der Waals surface area contributed by atoms with Crippen molar-refractivity contribution in [3.05, 3.63) is 72.3 Å². The lowest BCUT2D eigenvalue weighted by Gasteiger charge is -2.13. The summed E-state index contributed by atoms with van der Waals surface area (Å²) in [5.41, 5.74) is 2.41. The van der Waals surface area contributed by atoms with Crippen LogP contribution in [-0.4, -0.2) is 30.0 Å². The molecule has 2 N–H and O–H groups in total. The van der Waals surface area contributed by atoms with Crippen LogP contribution >= 0.6 is 0 Å². The zero-order valence-corrected chi connectivity index (χ0v) is 14.4. The van der Waals surface area contributed by atoms with Crippen molar-refractivity contribution in [2.75, 3.05) is 29.6 Å². The highest BCUT2D eigenvalue weighted by atomic mass is 19.1. The number of nitrogens with zero attached hydrogens (tertiary/aromatic N) is 3. The van der Waals surface area contributed by atoms with Gasteiger partial charge in [0, 0.05) is 37.4 Å². The molecule has 1 heterocycles. The monoisotopic (exact) mass is 351 g/mol. The van der Waals surface area contributed by atoms with E-state index < -0.39 is 0 Å². The number of halogens is 1. The van der Waals surface area contributed by atoms with E-state index >= 15 is 0 Å². The zero-order valence-electron chi connectivity index (χ0n) is 14.4. The van der Waals surface area contributed by atoms with Gasteiger partial charge in [-0.15, -0.1) is 0 Å². The molecule has 0 saturated carbocycles. The number of aromatic nitrogens is 2. The minimum Gasteiger partial charge on any atom is -0.378 e. The highest BCUT2D eigenvalue weighted by Crippen LogP contribution is 2.17. The van der Waals surface area contributed by atoms with Crippen molar-refractivity contribution in [3.8, 4) is 0 Å². The van der Waals surface area contributed by atoms with E-state index in [9.17, 15) is 9.18 Å².